The summed E-state index contributed by atoms with van der Waals surface area (Å²) in [6.45, 7) is 5.58. The Morgan fingerprint density at radius 2 is 1.93 bits per heavy atom. The first-order valence-electron chi connectivity index (χ1n) is 9.30. The van der Waals surface area contributed by atoms with Crippen molar-refractivity contribution in [3.63, 3.8) is 0 Å². The molecule has 1 aromatic carbocycles. The predicted molar refractivity (Wildman–Crippen MR) is 111 cm³/mol. The average Bonchev–Trinajstić information content (AvgIpc) is 3.17. The topological polar surface area (TPSA) is 57.9 Å². The number of carbonyl (C=O) groups excluding carboxylic acids is 1. The highest BCUT2D eigenvalue weighted by molar-refractivity contribution is 7.15. The number of amides is 1. The highest BCUT2D eigenvalue weighted by atomic mass is 32.1. The van der Waals surface area contributed by atoms with Gasteiger partial charge in [-0.1, -0.05) is 29.8 Å². The van der Waals surface area contributed by atoms with Crippen LogP contribution >= 0.6 is 11.3 Å². The minimum absolute atomic E-state index is 0.0385. The summed E-state index contributed by atoms with van der Waals surface area (Å²) >= 11 is 1.46. The van der Waals surface area contributed by atoms with Crippen molar-refractivity contribution in [1.29, 1.82) is 0 Å². The van der Waals surface area contributed by atoms with Gasteiger partial charge in [0.05, 0.1) is 5.69 Å². The second-order valence-corrected chi connectivity index (χ2v) is 7.86. The third-order valence-electron chi connectivity index (χ3n) is 4.92. The molecule has 1 saturated heterocycles. The summed E-state index contributed by atoms with van der Waals surface area (Å²) in [6, 6.07) is 9.70. The Kier molecular flexibility index (Phi) is 5.36. The van der Waals surface area contributed by atoms with Gasteiger partial charge in [-0.25, -0.2) is 4.98 Å². The van der Waals surface area contributed by atoms with Crippen LogP contribution in [0.5, 0.6) is 0 Å². The first kappa shape index (κ1) is 18.6. The van der Waals surface area contributed by atoms with Crippen molar-refractivity contribution in [2.45, 2.75) is 13.5 Å². The summed E-state index contributed by atoms with van der Waals surface area (Å²) in [4.78, 5) is 33.9. The molecule has 0 spiro atoms. The van der Waals surface area contributed by atoms with Crippen LogP contribution in [0.3, 0.4) is 0 Å². The molecule has 2 aromatic heterocycles. The number of hydrogen-bond donors (Lipinski definition) is 0. The lowest BCUT2D eigenvalue weighted by Crippen LogP contribution is -2.48. The van der Waals surface area contributed by atoms with E-state index in [-0.39, 0.29) is 11.5 Å². The molecule has 0 aliphatic carbocycles. The van der Waals surface area contributed by atoms with Gasteiger partial charge in [-0.05, 0) is 18.6 Å². The summed E-state index contributed by atoms with van der Waals surface area (Å²) in [5.74, 6) is 0.0385. The number of aromatic nitrogens is 2. The van der Waals surface area contributed by atoms with Gasteiger partial charge in [0.1, 0.15) is 0 Å². The van der Waals surface area contributed by atoms with Gasteiger partial charge < -0.3 is 4.90 Å². The van der Waals surface area contributed by atoms with E-state index >= 15 is 0 Å². The minimum Gasteiger partial charge on any atom is -0.337 e. The molecule has 3 aromatic rings. The molecule has 0 radical (unpaired) electrons. The molecule has 144 valence electrons. The molecular weight excluding hydrogens is 372 g/mol. The van der Waals surface area contributed by atoms with Crippen LogP contribution in [0.15, 0.2) is 52.8 Å². The van der Waals surface area contributed by atoms with E-state index < -0.39 is 0 Å². The molecule has 4 rings (SSSR count). The number of piperazine rings is 1. The highest BCUT2D eigenvalue weighted by Crippen LogP contribution is 2.11. The smallest absolute Gasteiger partial charge is 0.258 e. The summed E-state index contributed by atoms with van der Waals surface area (Å²) in [6.07, 6.45) is 5.25. The molecule has 1 fully saturated rings. The molecule has 1 amide bonds. The summed E-state index contributed by atoms with van der Waals surface area (Å²) in [5, 5.41) is 1.86. The van der Waals surface area contributed by atoms with E-state index in [1.165, 1.54) is 16.9 Å². The molecule has 0 unspecified atom stereocenters. The average molecular weight is 395 g/mol. The van der Waals surface area contributed by atoms with E-state index in [2.05, 4.69) is 9.88 Å². The van der Waals surface area contributed by atoms with Gasteiger partial charge in [0.15, 0.2) is 4.96 Å². The maximum Gasteiger partial charge on any atom is 0.258 e. The molecule has 0 bridgehead atoms. The maximum atomic E-state index is 12.4. The standard InChI is InChI=1S/C21H22N4O2S/c1-16-2-4-17(5-3-16)6-7-19(26)24-10-8-23(9-11-24)15-18-14-20(27)25-12-13-28-21(25)22-18/h2-7,12-14H,8-11,15H2,1H3/b7-6+. The highest BCUT2D eigenvalue weighted by Gasteiger charge is 2.20. The van der Waals surface area contributed by atoms with Gasteiger partial charge in [0.25, 0.3) is 5.56 Å². The second-order valence-electron chi connectivity index (χ2n) is 6.99. The lowest BCUT2D eigenvalue weighted by molar-refractivity contribution is -0.127. The zero-order valence-electron chi connectivity index (χ0n) is 15.7. The Balaban J connectivity index is 1.33. The zero-order valence-corrected chi connectivity index (χ0v) is 16.6. The largest absolute Gasteiger partial charge is 0.337 e. The van der Waals surface area contributed by atoms with E-state index in [0.29, 0.717) is 19.6 Å². The Morgan fingerprint density at radius 3 is 2.68 bits per heavy atom. The summed E-state index contributed by atoms with van der Waals surface area (Å²) < 4.78 is 1.56. The van der Waals surface area contributed by atoms with Crippen LogP contribution < -0.4 is 5.56 Å². The lowest BCUT2D eigenvalue weighted by Gasteiger charge is -2.34. The molecule has 1 aliphatic heterocycles. The van der Waals surface area contributed by atoms with Crippen molar-refractivity contribution in [3.05, 3.63) is 75.2 Å². The molecule has 3 heterocycles. The number of carbonyl (C=O) groups is 1. The number of aryl methyl sites for hydroxylation is 1. The van der Waals surface area contributed by atoms with Crippen LogP contribution in [-0.4, -0.2) is 51.3 Å². The third-order valence-corrected chi connectivity index (χ3v) is 5.68. The Morgan fingerprint density at radius 1 is 1.18 bits per heavy atom. The molecule has 6 nitrogen and oxygen atoms in total. The Labute approximate surface area is 167 Å². The fourth-order valence-corrected chi connectivity index (χ4v) is 4.01. The van der Waals surface area contributed by atoms with Crippen LogP contribution in [-0.2, 0) is 11.3 Å². The van der Waals surface area contributed by atoms with Crippen LogP contribution in [0.2, 0.25) is 0 Å². The van der Waals surface area contributed by atoms with Crippen molar-refractivity contribution < 1.29 is 4.79 Å². The zero-order chi connectivity index (χ0) is 19.5. The molecule has 28 heavy (non-hydrogen) atoms. The SMILES string of the molecule is Cc1ccc(/C=C/C(=O)N2CCN(Cc3cc(=O)n4ccsc4n3)CC2)cc1. The van der Waals surface area contributed by atoms with Crippen molar-refractivity contribution in [3.8, 4) is 0 Å². The Bertz CT molecular complexity index is 1060. The van der Waals surface area contributed by atoms with E-state index in [4.69, 9.17) is 0 Å². The van der Waals surface area contributed by atoms with E-state index in [0.717, 1.165) is 29.3 Å². The van der Waals surface area contributed by atoms with Gasteiger partial charge in [-0.15, -0.1) is 11.3 Å². The number of rotatable bonds is 4. The normalized spacial score (nSPS) is 15.5. The number of thiazole rings is 1. The van der Waals surface area contributed by atoms with Crippen molar-refractivity contribution in [1.82, 2.24) is 19.2 Å². The lowest BCUT2D eigenvalue weighted by atomic mass is 10.1. The van der Waals surface area contributed by atoms with Gasteiger partial charge in [-0.2, -0.15) is 0 Å². The van der Waals surface area contributed by atoms with Crippen molar-refractivity contribution in [2.24, 2.45) is 0 Å². The third kappa shape index (κ3) is 4.21. The summed E-state index contributed by atoms with van der Waals surface area (Å²) in [5.41, 5.74) is 2.97. The first-order chi connectivity index (χ1) is 13.6. The number of fused-ring (bicyclic) bond motifs is 1. The van der Waals surface area contributed by atoms with Gasteiger partial charge in [-0.3, -0.25) is 18.9 Å². The number of nitrogens with zero attached hydrogens (tertiary/aromatic N) is 4. The van der Waals surface area contributed by atoms with Crippen LogP contribution in [0.25, 0.3) is 11.0 Å². The number of benzene rings is 1. The van der Waals surface area contributed by atoms with Gasteiger partial charge >= 0.3 is 0 Å². The quantitative estimate of drug-likeness (QED) is 0.638. The summed E-state index contributed by atoms with van der Waals surface area (Å²) in [7, 11) is 0. The fourth-order valence-electron chi connectivity index (χ4n) is 3.27. The van der Waals surface area contributed by atoms with Crippen LogP contribution in [0.4, 0.5) is 0 Å². The van der Waals surface area contributed by atoms with E-state index in [1.54, 1.807) is 22.7 Å². The van der Waals surface area contributed by atoms with E-state index in [9.17, 15) is 9.59 Å². The molecular formula is C21H22N4O2S. The molecule has 0 atom stereocenters. The number of hydrogen-bond acceptors (Lipinski definition) is 5. The molecule has 1 aliphatic rings. The monoisotopic (exact) mass is 394 g/mol. The minimum atomic E-state index is -0.0451. The van der Waals surface area contributed by atoms with E-state index in [1.807, 2.05) is 47.5 Å². The molecule has 7 heteroatoms. The van der Waals surface area contributed by atoms with Crippen LogP contribution in [0.1, 0.15) is 16.8 Å². The van der Waals surface area contributed by atoms with Gasteiger partial charge in [0.2, 0.25) is 5.91 Å². The second kappa shape index (κ2) is 8.08. The Hall–Kier alpha value is -2.77. The molecule has 0 saturated carbocycles. The first-order valence-corrected chi connectivity index (χ1v) is 10.2. The van der Waals surface area contributed by atoms with Crippen molar-refractivity contribution in [2.75, 3.05) is 26.2 Å². The predicted octanol–water partition coefficient (Wildman–Crippen LogP) is 2.42. The maximum absolute atomic E-state index is 12.4. The van der Waals surface area contributed by atoms with Crippen molar-refractivity contribution >= 4 is 28.3 Å². The molecule has 0 N–H and O–H groups in total. The van der Waals surface area contributed by atoms with Crippen LogP contribution in [0, 0.1) is 6.92 Å². The van der Waals surface area contributed by atoms with Gasteiger partial charge in [0, 0.05) is 56.4 Å². The fraction of sp³-hybridized carbons (Fsp3) is 0.286.